The van der Waals surface area contributed by atoms with Crippen LogP contribution in [0.4, 0.5) is 0 Å². The molecule has 0 radical (unpaired) electrons. The Hall–Kier alpha value is -3.45. The van der Waals surface area contributed by atoms with Gasteiger partial charge in [0.15, 0.2) is 5.58 Å². The van der Waals surface area contributed by atoms with Crippen LogP contribution in [-0.2, 0) is 4.74 Å². The maximum absolute atomic E-state index is 12.8. The van der Waals surface area contributed by atoms with Crippen LogP contribution in [0.5, 0.6) is 0 Å². The van der Waals surface area contributed by atoms with Gasteiger partial charge in [-0.15, -0.1) is 0 Å². The quantitative estimate of drug-likeness (QED) is 0.544. The van der Waals surface area contributed by atoms with E-state index in [-0.39, 0.29) is 5.91 Å². The summed E-state index contributed by atoms with van der Waals surface area (Å²) >= 11 is 0. The van der Waals surface area contributed by atoms with Crippen molar-refractivity contribution in [2.75, 3.05) is 26.3 Å². The van der Waals surface area contributed by atoms with Crippen molar-refractivity contribution in [2.45, 2.75) is 0 Å². The highest BCUT2D eigenvalue weighted by molar-refractivity contribution is 6.00. The summed E-state index contributed by atoms with van der Waals surface area (Å²) in [6, 6.07) is 15.0. The van der Waals surface area contributed by atoms with Crippen LogP contribution in [0.15, 0.2) is 63.7 Å². The fraction of sp³-hybridized carbons (Fsp3) is 0.190. The van der Waals surface area contributed by atoms with E-state index in [1.807, 2.05) is 30.3 Å². The zero-order valence-electron chi connectivity index (χ0n) is 15.0. The monoisotopic (exact) mass is 375 g/mol. The van der Waals surface area contributed by atoms with Crippen molar-refractivity contribution in [1.29, 1.82) is 0 Å². The van der Waals surface area contributed by atoms with E-state index >= 15 is 0 Å². The first-order valence-electron chi connectivity index (χ1n) is 9.07. The van der Waals surface area contributed by atoms with E-state index in [2.05, 4.69) is 10.1 Å². The van der Waals surface area contributed by atoms with Crippen molar-refractivity contribution in [3.8, 4) is 22.8 Å². The van der Waals surface area contributed by atoms with Gasteiger partial charge in [0.25, 0.3) is 5.91 Å². The van der Waals surface area contributed by atoms with Gasteiger partial charge in [-0.25, -0.2) is 4.98 Å². The molecule has 7 nitrogen and oxygen atoms in total. The number of hydrogen-bond acceptors (Lipinski definition) is 6. The molecule has 1 amide bonds. The van der Waals surface area contributed by atoms with Crippen LogP contribution in [0, 0.1) is 0 Å². The fourth-order valence-corrected chi connectivity index (χ4v) is 3.30. The molecule has 2 aromatic carbocycles. The fourth-order valence-electron chi connectivity index (χ4n) is 3.30. The third-order valence-electron chi connectivity index (χ3n) is 4.78. The highest BCUT2D eigenvalue weighted by Gasteiger charge is 2.21. The van der Waals surface area contributed by atoms with E-state index in [0.717, 1.165) is 10.9 Å². The average molecular weight is 375 g/mol. The SMILES string of the molecule is O=C(c1ccc2onc(-c3coc(-c4ccccc4)n3)c2c1)N1CCOCC1. The molecule has 3 heterocycles. The summed E-state index contributed by atoms with van der Waals surface area (Å²) in [6.45, 7) is 2.32. The van der Waals surface area contributed by atoms with Gasteiger partial charge in [0.05, 0.1) is 18.6 Å². The first kappa shape index (κ1) is 16.7. The lowest BCUT2D eigenvalue weighted by Gasteiger charge is -2.26. The number of nitrogens with zero attached hydrogens (tertiary/aromatic N) is 3. The Morgan fingerprint density at radius 1 is 1.04 bits per heavy atom. The molecule has 7 heteroatoms. The lowest BCUT2D eigenvalue weighted by molar-refractivity contribution is 0.0303. The van der Waals surface area contributed by atoms with Gasteiger partial charge in [-0.2, -0.15) is 0 Å². The number of amides is 1. The van der Waals surface area contributed by atoms with Gasteiger partial charge in [-0.05, 0) is 30.3 Å². The number of morpholine rings is 1. The number of ether oxygens (including phenoxy) is 1. The lowest BCUT2D eigenvalue weighted by atomic mass is 10.1. The number of carbonyl (C=O) groups is 1. The van der Waals surface area contributed by atoms with Crippen LogP contribution < -0.4 is 0 Å². The van der Waals surface area contributed by atoms with E-state index in [1.165, 1.54) is 0 Å². The Kier molecular flexibility index (Phi) is 4.14. The van der Waals surface area contributed by atoms with Crippen molar-refractivity contribution >= 4 is 16.9 Å². The normalized spacial score (nSPS) is 14.5. The van der Waals surface area contributed by atoms with Crippen LogP contribution in [-0.4, -0.2) is 47.3 Å². The molecule has 28 heavy (non-hydrogen) atoms. The molecule has 0 saturated carbocycles. The molecule has 0 N–H and O–H groups in total. The van der Waals surface area contributed by atoms with E-state index in [1.54, 1.807) is 29.4 Å². The Morgan fingerprint density at radius 2 is 1.86 bits per heavy atom. The van der Waals surface area contributed by atoms with Gasteiger partial charge >= 0.3 is 0 Å². The molecule has 4 aromatic rings. The summed E-state index contributed by atoms with van der Waals surface area (Å²) < 4.78 is 16.4. The van der Waals surface area contributed by atoms with Gasteiger partial charge in [0.1, 0.15) is 17.7 Å². The number of benzene rings is 2. The number of carbonyl (C=O) groups excluding carboxylic acids is 1. The van der Waals surface area contributed by atoms with Crippen molar-refractivity contribution in [1.82, 2.24) is 15.0 Å². The average Bonchev–Trinajstić information content (AvgIpc) is 3.41. The predicted octanol–water partition coefficient (Wildman–Crippen LogP) is 3.62. The topological polar surface area (TPSA) is 81.6 Å². The molecular weight excluding hydrogens is 358 g/mol. The van der Waals surface area contributed by atoms with E-state index in [4.69, 9.17) is 13.7 Å². The molecule has 1 aliphatic heterocycles. The molecule has 0 atom stereocenters. The minimum atomic E-state index is -0.0255. The second-order valence-corrected chi connectivity index (χ2v) is 6.55. The van der Waals surface area contributed by atoms with Crippen LogP contribution in [0.25, 0.3) is 33.8 Å². The smallest absolute Gasteiger partial charge is 0.254 e. The van der Waals surface area contributed by atoms with E-state index in [9.17, 15) is 4.79 Å². The molecule has 0 bridgehead atoms. The third kappa shape index (κ3) is 2.95. The van der Waals surface area contributed by atoms with Crippen LogP contribution in [0.3, 0.4) is 0 Å². The summed E-state index contributed by atoms with van der Waals surface area (Å²) in [5.41, 5.74) is 3.18. The largest absolute Gasteiger partial charge is 0.444 e. The van der Waals surface area contributed by atoms with Crippen molar-refractivity contribution in [3.05, 3.63) is 60.4 Å². The van der Waals surface area contributed by atoms with Crippen LogP contribution in [0.1, 0.15) is 10.4 Å². The summed E-state index contributed by atoms with van der Waals surface area (Å²) in [6.07, 6.45) is 1.55. The van der Waals surface area contributed by atoms with Gasteiger partial charge in [-0.1, -0.05) is 23.4 Å². The molecule has 0 unspecified atom stereocenters. The molecule has 1 fully saturated rings. The molecule has 1 saturated heterocycles. The minimum Gasteiger partial charge on any atom is -0.444 e. The standard InChI is InChI=1S/C21H17N3O4/c25-21(24-8-10-26-11-9-24)15-6-7-18-16(12-15)19(23-28-18)17-13-27-20(22-17)14-4-2-1-3-5-14/h1-7,12-13H,8-11H2. The molecule has 0 spiro atoms. The Balaban J connectivity index is 1.50. The Labute approximate surface area is 160 Å². The first-order chi connectivity index (χ1) is 13.8. The zero-order chi connectivity index (χ0) is 18.9. The second-order valence-electron chi connectivity index (χ2n) is 6.55. The van der Waals surface area contributed by atoms with Gasteiger partial charge < -0.3 is 18.6 Å². The second kappa shape index (κ2) is 6.94. The van der Waals surface area contributed by atoms with Crippen molar-refractivity contribution in [2.24, 2.45) is 0 Å². The van der Waals surface area contributed by atoms with Crippen LogP contribution in [0.2, 0.25) is 0 Å². The maximum atomic E-state index is 12.8. The molecule has 140 valence electrons. The summed E-state index contributed by atoms with van der Waals surface area (Å²) in [5, 5.41) is 4.87. The summed E-state index contributed by atoms with van der Waals surface area (Å²) in [5.74, 6) is 0.481. The first-order valence-corrected chi connectivity index (χ1v) is 9.07. The highest BCUT2D eigenvalue weighted by atomic mass is 16.5. The molecule has 5 rings (SSSR count). The number of fused-ring (bicyclic) bond motifs is 1. The minimum absolute atomic E-state index is 0.0255. The number of aromatic nitrogens is 2. The van der Waals surface area contributed by atoms with E-state index in [0.29, 0.717) is 54.7 Å². The molecule has 2 aromatic heterocycles. The van der Waals surface area contributed by atoms with Gasteiger partial charge in [-0.3, -0.25) is 4.79 Å². The predicted molar refractivity (Wildman–Crippen MR) is 102 cm³/mol. The third-order valence-corrected chi connectivity index (χ3v) is 4.78. The number of oxazole rings is 1. The highest BCUT2D eigenvalue weighted by Crippen LogP contribution is 2.30. The van der Waals surface area contributed by atoms with E-state index < -0.39 is 0 Å². The van der Waals surface area contributed by atoms with Crippen molar-refractivity contribution in [3.63, 3.8) is 0 Å². The lowest BCUT2D eigenvalue weighted by Crippen LogP contribution is -2.40. The van der Waals surface area contributed by atoms with Crippen LogP contribution >= 0.6 is 0 Å². The molecular formula is C21H17N3O4. The summed E-state index contributed by atoms with van der Waals surface area (Å²) in [4.78, 5) is 19.1. The Bertz CT molecular complexity index is 1130. The zero-order valence-corrected chi connectivity index (χ0v) is 15.0. The van der Waals surface area contributed by atoms with Gasteiger partial charge in [0, 0.05) is 24.2 Å². The molecule has 0 aliphatic carbocycles. The molecule has 1 aliphatic rings. The Morgan fingerprint density at radius 3 is 2.68 bits per heavy atom. The van der Waals surface area contributed by atoms with Crippen molar-refractivity contribution < 1.29 is 18.5 Å². The number of hydrogen-bond donors (Lipinski definition) is 0. The summed E-state index contributed by atoms with van der Waals surface area (Å²) in [7, 11) is 0. The van der Waals surface area contributed by atoms with Gasteiger partial charge in [0.2, 0.25) is 5.89 Å². The maximum Gasteiger partial charge on any atom is 0.254 e. The number of rotatable bonds is 3.